The number of pyridine rings is 1. The molecule has 1 aliphatic rings. The third kappa shape index (κ3) is 5.03. The molecule has 0 spiro atoms. The van der Waals surface area contributed by atoms with E-state index >= 15 is 0 Å². The van der Waals surface area contributed by atoms with Gasteiger partial charge >= 0.3 is 0 Å². The molecule has 37 heavy (non-hydrogen) atoms. The van der Waals surface area contributed by atoms with Gasteiger partial charge < -0.3 is 14.0 Å². The summed E-state index contributed by atoms with van der Waals surface area (Å²) in [5.41, 5.74) is 2.61. The molecule has 0 bridgehead atoms. The van der Waals surface area contributed by atoms with Crippen LogP contribution in [-0.2, 0) is 22.8 Å². The second-order valence-electron chi connectivity index (χ2n) is 9.09. The first-order chi connectivity index (χ1) is 17.8. The van der Waals surface area contributed by atoms with Crippen LogP contribution in [0.3, 0.4) is 0 Å². The number of hydrogen-bond acceptors (Lipinski definition) is 5. The molecule has 1 aliphatic heterocycles. The van der Waals surface area contributed by atoms with E-state index in [1.54, 1.807) is 28.7 Å². The van der Waals surface area contributed by atoms with Crippen LogP contribution in [0.25, 0.3) is 22.0 Å². The number of halogens is 2. The number of fused-ring (bicyclic) bond motifs is 1. The van der Waals surface area contributed by atoms with E-state index in [0.717, 1.165) is 47.9 Å². The first-order valence-electron chi connectivity index (χ1n) is 12.0. The molecule has 0 aliphatic carbocycles. The van der Waals surface area contributed by atoms with Crippen molar-refractivity contribution < 1.29 is 26.7 Å². The molecule has 1 fully saturated rings. The van der Waals surface area contributed by atoms with Crippen molar-refractivity contribution in [1.29, 1.82) is 0 Å². The van der Waals surface area contributed by atoms with Gasteiger partial charge in [-0.2, -0.15) is 0 Å². The largest absolute Gasteiger partial charge is 0.479 e. The maximum atomic E-state index is 14.5. The number of sulfonamides is 1. The Kier molecular flexibility index (Phi) is 6.87. The summed E-state index contributed by atoms with van der Waals surface area (Å²) >= 11 is 0. The minimum atomic E-state index is -3.51. The fourth-order valence-electron chi connectivity index (χ4n) is 4.77. The van der Waals surface area contributed by atoms with E-state index in [9.17, 15) is 17.2 Å². The first-order valence-corrected chi connectivity index (χ1v) is 13.6. The lowest BCUT2D eigenvalue weighted by Gasteiger charge is -2.26. The Balaban J connectivity index is 1.62. The highest BCUT2D eigenvalue weighted by molar-refractivity contribution is 7.88. The smallest absolute Gasteiger partial charge is 0.238 e. The molecule has 2 aromatic heterocycles. The summed E-state index contributed by atoms with van der Waals surface area (Å²) in [4.78, 5) is 4.28. The summed E-state index contributed by atoms with van der Waals surface area (Å²) in [5.74, 6) is -1.13. The zero-order valence-electron chi connectivity index (χ0n) is 20.6. The lowest BCUT2D eigenvalue weighted by Crippen LogP contribution is -2.36. The molecule has 10 heteroatoms. The minimum absolute atomic E-state index is 0.143. The van der Waals surface area contributed by atoms with Crippen LogP contribution in [0.1, 0.15) is 24.8 Å². The number of ether oxygens (including phenoxy) is 2. The molecule has 0 atom stereocenters. The molecule has 4 aromatic rings. The van der Waals surface area contributed by atoms with Gasteiger partial charge in [-0.25, -0.2) is 26.5 Å². The van der Waals surface area contributed by atoms with Crippen LogP contribution in [0.2, 0.25) is 0 Å². The number of aromatic nitrogens is 2. The van der Waals surface area contributed by atoms with Gasteiger partial charge in [0.25, 0.3) is 0 Å². The van der Waals surface area contributed by atoms with E-state index < -0.39 is 21.7 Å². The average molecular weight is 528 g/mol. The lowest BCUT2D eigenvalue weighted by atomic mass is 10.0. The van der Waals surface area contributed by atoms with Crippen LogP contribution in [0, 0.1) is 11.6 Å². The molecule has 1 saturated heterocycles. The van der Waals surface area contributed by atoms with Crippen molar-refractivity contribution in [3.63, 3.8) is 0 Å². The lowest BCUT2D eigenvalue weighted by molar-refractivity contribution is 0.346. The van der Waals surface area contributed by atoms with E-state index in [2.05, 4.69) is 4.98 Å². The van der Waals surface area contributed by atoms with Gasteiger partial charge in [0.2, 0.25) is 15.9 Å². The summed E-state index contributed by atoms with van der Waals surface area (Å²) in [5, 5.41) is 0.801. The van der Waals surface area contributed by atoms with E-state index in [1.165, 1.54) is 13.2 Å². The number of hydrogen-bond donors (Lipinski definition) is 0. The quantitative estimate of drug-likeness (QED) is 0.311. The van der Waals surface area contributed by atoms with Crippen molar-refractivity contribution in [2.24, 2.45) is 7.05 Å². The maximum absolute atomic E-state index is 14.5. The van der Waals surface area contributed by atoms with Gasteiger partial charge in [-0.1, -0.05) is 12.5 Å². The molecule has 7 nitrogen and oxygen atoms in total. The van der Waals surface area contributed by atoms with Crippen molar-refractivity contribution in [3.05, 3.63) is 72.1 Å². The van der Waals surface area contributed by atoms with Gasteiger partial charge in [0.05, 0.1) is 12.9 Å². The highest BCUT2D eigenvalue weighted by atomic mass is 32.2. The third-order valence-electron chi connectivity index (χ3n) is 6.56. The summed E-state index contributed by atoms with van der Waals surface area (Å²) in [7, 11) is -0.129. The zero-order chi connectivity index (χ0) is 26.2. The molecule has 0 unspecified atom stereocenters. The second kappa shape index (κ2) is 10.1. The second-order valence-corrected chi connectivity index (χ2v) is 11.1. The number of rotatable bonds is 7. The molecule has 2 aromatic carbocycles. The van der Waals surface area contributed by atoms with Gasteiger partial charge in [-0.3, -0.25) is 0 Å². The molecule has 0 amide bonds. The zero-order valence-corrected chi connectivity index (χ0v) is 21.4. The molecular weight excluding hydrogens is 500 g/mol. The van der Waals surface area contributed by atoms with Crippen molar-refractivity contribution in [3.8, 4) is 28.5 Å². The predicted molar refractivity (Wildman–Crippen MR) is 137 cm³/mol. The van der Waals surface area contributed by atoms with Crippen molar-refractivity contribution in [2.45, 2.75) is 25.0 Å². The number of piperidine rings is 1. The van der Waals surface area contributed by atoms with Crippen LogP contribution in [-0.4, -0.2) is 42.5 Å². The van der Waals surface area contributed by atoms with Gasteiger partial charge in [0.15, 0.2) is 11.6 Å². The number of benzene rings is 2. The fourth-order valence-corrected chi connectivity index (χ4v) is 6.37. The summed E-state index contributed by atoms with van der Waals surface area (Å²) < 4.78 is 68.9. The number of aryl methyl sites for hydroxylation is 1. The minimum Gasteiger partial charge on any atom is -0.479 e. The Labute approximate surface area is 214 Å². The molecule has 194 valence electrons. The Morgan fingerprint density at radius 2 is 1.73 bits per heavy atom. The van der Waals surface area contributed by atoms with E-state index in [1.807, 2.05) is 23.9 Å². The topological polar surface area (TPSA) is 73.7 Å². The van der Waals surface area contributed by atoms with Gasteiger partial charge in [-0.15, -0.1) is 0 Å². The molecule has 0 saturated carbocycles. The average Bonchev–Trinajstić information content (AvgIpc) is 3.23. The first kappa shape index (κ1) is 25.2. The predicted octanol–water partition coefficient (Wildman–Crippen LogP) is 5.64. The molecule has 5 rings (SSSR count). The van der Waals surface area contributed by atoms with Crippen molar-refractivity contribution in [1.82, 2.24) is 13.9 Å². The van der Waals surface area contributed by atoms with E-state index in [0.29, 0.717) is 35.8 Å². The van der Waals surface area contributed by atoms with E-state index in [-0.39, 0.29) is 11.5 Å². The SMILES string of the molecule is COc1nccc2c(-c3cc(CS(=O)(=O)N4CCCCC4)ccc3Oc3ccc(F)cc3F)cn(C)c12. The van der Waals surface area contributed by atoms with Crippen LogP contribution in [0.4, 0.5) is 8.78 Å². The normalized spacial score (nSPS) is 14.7. The number of nitrogens with zero attached hydrogens (tertiary/aromatic N) is 3. The summed E-state index contributed by atoms with van der Waals surface area (Å²) in [6.45, 7) is 1.05. The van der Waals surface area contributed by atoms with Crippen LogP contribution in [0.15, 0.2) is 54.9 Å². The third-order valence-corrected chi connectivity index (χ3v) is 8.41. The Bertz CT molecular complexity index is 1560. The summed E-state index contributed by atoms with van der Waals surface area (Å²) in [6.07, 6.45) is 6.22. The molecular formula is C27H27F2N3O4S. The van der Waals surface area contributed by atoms with Crippen molar-refractivity contribution >= 4 is 20.9 Å². The van der Waals surface area contributed by atoms with E-state index in [4.69, 9.17) is 9.47 Å². The van der Waals surface area contributed by atoms with Crippen LogP contribution in [0.5, 0.6) is 17.4 Å². The van der Waals surface area contributed by atoms with Gasteiger partial charge in [0.1, 0.15) is 17.1 Å². The summed E-state index contributed by atoms with van der Waals surface area (Å²) in [6, 6.07) is 9.95. The standard InChI is InChI=1S/C27H27F2N3O4S/c1-31-16-22(20-10-11-30-27(35-2)26(20)31)21-14-18(17-37(33,34)32-12-4-3-5-13-32)6-8-24(21)36-25-9-7-19(28)15-23(25)29/h6-11,14-16H,3-5,12-13,17H2,1-2H3. The monoisotopic (exact) mass is 527 g/mol. The van der Waals surface area contributed by atoms with Gasteiger partial charge in [0, 0.05) is 55.1 Å². The highest BCUT2D eigenvalue weighted by Gasteiger charge is 2.25. The van der Waals surface area contributed by atoms with Crippen molar-refractivity contribution in [2.75, 3.05) is 20.2 Å². The molecule has 0 radical (unpaired) electrons. The Hall–Kier alpha value is -3.50. The van der Waals surface area contributed by atoms with Crippen LogP contribution < -0.4 is 9.47 Å². The number of methoxy groups -OCH3 is 1. The Morgan fingerprint density at radius 1 is 0.973 bits per heavy atom. The molecule has 3 heterocycles. The highest BCUT2D eigenvalue weighted by Crippen LogP contribution is 2.41. The fraction of sp³-hybridized carbons (Fsp3) is 0.296. The molecule has 0 N–H and O–H groups in total. The Morgan fingerprint density at radius 3 is 2.46 bits per heavy atom. The van der Waals surface area contributed by atoms with Crippen LogP contribution >= 0.6 is 0 Å². The maximum Gasteiger partial charge on any atom is 0.238 e. The van der Waals surface area contributed by atoms with Gasteiger partial charge in [-0.05, 0) is 48.7 Å².